The molecule has 1 atom stereocenters. The second-order valence-electron chi connectivity index (χ2n) is 9.79. The maximum absolute atomic E-state index is 5.87. The quantitative estimate of drug-likeness (QED) is 0.279. The van der Waals surface area contributed by atoms with Crippen molar-refractivity contribution in [1.29, 1.82) is 0 Å². The van der Waals surface area contributed by atoms with E-state index in [2.05, 4.69) is 47.9 Å². The number of ether oxygens (including phenoxy) is 3. The molecule has 0 bridgehead atoms. The Morgan fingerprint density at radius 3 is 2.54 bits per heavy atom. The van der Waals surface area contributed by atoms with E-state index in [4.69, 9.17) is 19.9 Å². The largest absolute Gasteiger partial charge is 0.497 e. The third kappa shape index (κ3) is 6.16. The molecule has 1 fully saturated rings. The molecule has 10 nitrogen and oxygen atoms in total. The fraction of sp³-hybridized carbons (Fsp3) is 0.290. The summed E-state index contributed by atoms with van der Waals surface area (Å²) in [4.78, 5) is 22.3. The molecule has 1 unspecified atom stereocenters. The number of anilines is 3. The summed E-state index contributed by atoms with van der Waals surface area (Å²) in [6, 6.07) is 16.1. The minimum atomic E-state index is 0.356. The van der Waals surface area contributed by atoms with Crippen molar-refractivity contribution in [1.82, 2.24) is 15.0 Å². The summed E-state index contributed by atoms with van der Waals surface area (Å²) in [5.41, 5.74) is 10.5. The fourth-order valence-corrected chi connectivity index (χ4v) is 5.13. The summed E-state index contributed by atoms with van der Waals surface area (Å²) in [5.74, 6) is 3.05. The fourth-order valence-electron chi connectivity index (χ4n) is 5.13. The maximum atomic E-state index is 5.87. The van der Waals surface area contributed by atoms with Crippen LogP contribution in [0.5, 0.6) is 17.4 Å². The summed E-state index contributed by atoms with van der Waals surface area (Å²) in [5, 5.41) is 1.00. The van der Waals surface area contributed by atoms with Gasteiger partial charge in [0, 0.05) is 104 Å². The minimum Gasteiger partial charge on any atom is -0.497 e. The van der Waals surface area contributed by atoms with Gasteiger partial charge < -0.3 is 29.7 Å². The molecule has 0 saturated carbocycles. The molecule has 1 saturated heterocycles. The highest BCUT2D eigenvalue weighted by molar-refractivity contribution is 6.10. The zero-order valence-electron chi connectivity index (χ0n) is 23.8. The zero-order chi connectivity index (χ0) is 28.8. The van der Waals surface area contributed by atoms with Gasteiger partial charge in [-0.05, 0) is 36.6 Å². The maximum Gasteiger partial charge on any atom is 0.228 e. The van der Waals surface area contributed by atoms with Crippen LogP contribution in [-0.4, -0.2) is 69.2 Å². The van der Waals surface area contributed by atoms with Gasteiger partial charge in [0.25, 0.3) is 0 Å². The topological polar surface area (TPSA) is 111 Å². The highest BCUT2D eigenvalue weighted by Crippen LogP contribution is 2.36. The first-order valence-electron chi connectivity index (χ1n) is 13.4. The van der Waals surface area contributed by atoms with Crippen molar-refractivity contribution in [2.24, 2.45) is 16.6 Å². The summed E-state index contributed by atoms with van der Waals surface area (Å²) in [6.07, 6.45) is 7.84. The number of hydrogen-bond donors (Lipinski definition) is 1. The number of methoxy groups -OCH3 is 3. The molecule has 1 aliphatic rings. The van der Waals surface area contributed by atoms with Crippen molar-refractivity contribution in [3.63, 3.8) is 0 Å². The SMILES string of the molecule is CN=C/C(=C\N)c1cnc2ccc(N(CC3CCN(c4nccc(OC)n4)C3)c3cc(OC)cc(OC)c3)cc2c1. The van der Waals surface area contributed by atoms with Gasteiger partial charge in [-0.15, -0.1) is 0 Å². The molecule has 41 heavy (non-hydrogen) atoms. The van der Waals surface area contributed by atoms with Crippen molar-refractivity contribution in [2.75, 3.05) is 57.8 Å². The molecule has 5 rings (SSSR count). The lowest BCUT2D eigenvalue weighted by Gasteiger charge is -2.29. The van der Waals surface area contributed by atoms with Gasteiger partial charge in [-0.3, -0.25) is 9.98 Å². The van der Waals surface area contributed by atoms with Crippen LogP contribution in [-0.2, 0) is 0 Å². The number of nitrogens with two attached hydrogens (primary N) is 1. The number of hydrogen-bond acceptors (Lipinski definition) is 10. The van der Waals surface area contributed by atoms with Crippen LogP contribution in [0.25, 0.3) is 16.5 Å². The molecule has 2 aromatic heterocycles. The first kappa shape index (κ1) is 27.7. The first-order chi connectivity index (χ1) is 20.0. The molecule has 3 heterocycles. The summed E-state index contributed by atoms with van der Waals surface area (Å²) >= 11 is 0. The van der Waals surface area contributed by atoms with E-state index in [1.165, 1.54) is 0 Å². The molecule has 1 aliphatic heterocycles. The van der Waals surface area contributed by atoms with Crippen LogP contribution in [0.15, 0.2) is 72.1 Å². The second kappa shape index (κ2) is 12.5. The Kier molecular flexibility index (Phi) is 8.47. The average molecular weight is 554 g/mol. The molecule has 2 aromatic carbocycles. The zero-order valence-corrected chi connectivity index (χ0v) is 23.8. The van der Waals surface area contributed by atoms with Crippen LogP contribution >= 0.6 is 0 Å². The summed E-state index contributed by atoms with van der Waals surface area (Å²) in [7, 11) is 6.67. The molecule has 0 spiro atoms. The van der Waals surface area contributed by atoms with Gasteiger partial charge in [0.15, 0.2) is 0 Å². The van der Waals surface area contributed by atoms with Crippen LogP contribution in [0.1, 0.15) is 12.0 Å². The summed E-state index contributed by atoms with van der Waals surface area (Å²) in [6.45, 7) is 2.46. The van der Waals surface area contributed by atoms with Gasteiger partial charge >= 0.3 is 0 Å². The Balaban J connectivity index is 1.51. The number of benzene rings is 2. The third-order valence-corrected chi connectivity index (χ3v) is 7.24. The molecule has 0 radical (unpaired) electrons. The molecule has 2 N–H and O–H groups in total. The normalized spacial score (nSPS) is 15.5. The number of aromatic nitrogens is 3. The molecular weight excluding hydrogens is 518 g/mol. The Morgan fingerprint density at radius 1 is 1.02 bits per heavy atom. The van der Waals surface area contributed by atoms with E-state index in [-0.39, 0.29) is 0 Å². The van der Waals surface area contributed by atoms with E-state index >= 15 is 0 Å². The highest BCUT2D eigenvalue weighted by atomic mass is 16.5. The van der Waals surface area contributed by atoms with Gasteiger partial charge in [-0.2, -0.15) is 4.98 Å². The molecule has 212 valence electrons. The van der Waals surface area contributed by atoms with Crippen LogP contribution < -0.4 is 29.7 Å². The van der Waals surface area contributed by atoms with Crippen molar-refractivity contribution in [2.45, 2.75) is 6.42 Å². The first-order valence-corrected chi connectivity index (χ1v) is 13.4. The third-order valence-electron chi connectivity index (χ3n) is 7.24. The number of nitrogens with zero attached hydrogens (tertiary/aromatic N) is 6. The van der Waals surface area contributed by atoms with Crippen molar-refractivity contribution >= 4 is 40.0 Å². The lowest BCUT2D eigenvalue weighted by molar-refractivity contribution is 0.394. The number of pyridine rings is 1. The average Bonchev–Trinajstić information content (AvgIpc) is 3.50. The lowest BCUT2D eigenvalue weighted by atomic mass is 10.0. The van der Waals surface area contributed by atoms with E-state index < -0.39 is 0 Å². The molecule has 0 aliphatic carbocycles. The van der Waals surface area contributed by atoms with Crippen LogP contribution in [0.2, 0.25) is 0 Å². The minimum absolute atomic E-state index is 0.356. The van der Waals surface area contributed by atoms with Gasteiger partial charge in [-0.25, -0.2) is 4.98 Å². The predicted molar refractivity (Wildman–Crippen MR) is 164 cm³/mol. The second-order valence-corrected chi connectivity index (χ2v) is 9.79. The Hall–Kier alpha value is -4.86. The predicted octanol–water partition coefficient (Wildman–Crippen LogP) is 4.72. The number of allylic oxidation sites excluding steroid dienone is 1. The monoisotopic (exact) mass is 553 g/mol. The van der Waals surface area contributed by atoms with Crippen molar-refractivity contribution in [3.05, 3.63) is 72.7 Å². The Bertz CT molecular complexity index is 1550. The van der Waals surface area contributed by atoms with Crippen LogP contribution in [0, 0.1) is 5.92 Å². The van der Waals surface area contributed by atoms with Crippen molar-refractivity contribution in [3.8, 4) is 17.4 Å². The molecular formula is C31H35N7O3. The van der Waals surface area contributed by atoms with Gasteiger partial charge in [-0.1, -0.05) is 0 Å². The van der Waals surface area contributed by atoms with E-state index in [9.17, 15) is 0 Å². The van der Waals surface area contributed by atoms with Gasteiger partial charge in [0.1, 0.15) is 11.5 Å². The number of aliphatic imine (C=N–C) groups is 1. The van der Waals surface area contributed by atoms with Gasteiger partial charge in [0.05, 0.1) is 26.8 Å². The molecule has 10 heteroatoms. The van der Waals surface area contributed by atoms with Gasteiger partial charge in [0.2, 0.25) is 11.8 Å². The Morgan fingerprint density at radius 2 is 1.83 bits per heavy atom. The van der Waals surface area contributed by atoms with E-state index in [0.717, 1.165) is 71.0 Å². The highest BCUT2D eigenvalue weighted by Gasteiger charge is 2.28. The summed E-state index contributed by atoms with van der Waals surface area (Å²) < 4.78 is 16.5. The van der Waals surface area contributed by atoms with E-state index in [0.29, 0.717) is 17.7 Å². The molecule has 4 aromatic rings. The molecule has 0 amide bonds. The lowest BCUT2D eigenvalue weighted by Crippen LogP contribution is -2.28. The Labute approximate surface area is 240 Å². The van der Waals surface area contributed by atoms with Crippen LogP contribution in [0.4, 0.5) is 17.3 Å². The standard InChI is InChI=1S/C31H35N7O3/c1-33-17-24(16-32)23-11-22-12-25(5-6-29(22)35-18-23)38(26-13-27(39-2)15-28(14-26)40-3)20-21-8-10-37(19-21)31-34-9-7-30(36-31)41-4/h5-7,9,11-18,21H,8,10,19-20,32H2,1-4H3/b24-16+,33-17?. The van der Waals surface area contributed by atoms with Crippen molar-refractivity contribution < 1.29 is 14.2 Å². The number of rotatable bonds is 10. The van der Waals surface area contributed by atoms with E-state index in [1.54, 1.807) is 53.1 Å². The number of fused-ring (bicyclic) bond motifs is 1. The van der Waals surface area contributed by atoms with Crippen LogP contribution in [0.3, 0.4) is 0 Å². The van der Waals surface area contributed by atoms with E-state index in [1.807, 2.05) is 30.5 Å². The smallest absolute Gasteiger partial charge is 0.228 e.